The molecule has 0 fully saturated rings. The first-order valence-electron chi connectivity index (χ1n) is 5.36. The molecule has 0 saturated heterocycles. The Hall–Kier alpha value is -1.20. The van der Waals surface area contributed by atoms with Gasteiger partial charge in [-0.25, -0.2) is 4.98 Å². The van der Waals surface area contributed by atoms with Crippen LogP contribution in [0.2, 0.25) is 0 Å². The Kier molecular flexibility index (Phi) is 4.49. The molecule has 0 aliphatic rings. The average Bonchev–Trinajstić information content (AvgIpc) is 2.38. The van der Waals surface area contributed by atoms with Crippen LogP contribution in [-0.2, 0) is 5.75 Å². The van der Waals surface area contributed by atoms with E-state index in [-0.39, 0.29) is 0 Å². The number of ether oxygens (including phenoxy) is 1. The number of anilines is 1. The Bertz CT molecular complexity index is 548. The fourth-order valence-corrected chi connectivity index (χ4v) is 2.83. The van der Waals surface area contributed by atoms with Crippen LogP contribution in [0.15, 0.2) is 46.0 Å². The largest absolute Gasteiger partial charge is 0.496 e. The molecule has 1 aromatic heterocycles. The molecule has 0 saturated carbocycles. The van der Waals surface area contributed by atoms with Crippen molar-refractivity contribution in [3.8, 4) is 5.75 Å². The van der Waals surface area contributed by atoms with Gasteiger partial charge >= 0.3 is 0 Å². The maximum absolute atomic E-state index is 5.86. The topological polar surface area (TPSA) is 48.1 Å². The number of aromatic nitrogens is 1. The predicted molar refractivity (Wildman–Crippen MR) is 78.9 cm³/mol. The predicted octanol–water partition coefficient (Wildman–Crippen LogP) is 3.73. The number of benzene rings is 1. The molecule has 18 heavy (non-hydrogen) atoms. The Morgan fingerprint density at radius 3 is 2.94 bits per heavy atom. The zero-order chi connectivity index (χ0) is 13.0. The molecule has 3 nitrogen and oxygen atoms in total. The Morgan fingerprint density at radius 2 is 2.22 bits per heavy atom. The molecule has 1 heterocycles. The van der Waals surface area contributed by atoms with Crippen LogP contribution in [0.5, 0.6) is 5.75 Å². The lowest BCUT2D eigenvalue weighted by Gasteiger charge is -2.09. The maximum atomic E-state index is 5.86. The van der Waals surface area contributed by atoms with E-state index in [1.54, 1.807) is 25.1 Å². The second kappa shape index (κ2) is 6.11. The van der Waals surface area contributed by atoms with Crippen LogP contribution < -0.4 is 10.5 Å². The van der Waals surface area contributed by atoms with Crippen molar-refractivity contribution in [3.63, 3.8) is 0 Å². The van der Waals surface area contributed by atoms with Crippen molar-refractivity contribution < 1.29 is 4.74 Å². The van der Waals surface area contributed by atoms with Crippen LogP contribution in [0.1, 0.15) is 5.56 Å². The van der Waals surface area contributed by atoms with Gasteiger partial charge in [-0.1, -0.05) is 27.7 Å². The normalized spacial score (nSPS) is 10.3. The van der Waals surface area contributed by atoms with Gasteiger partial charge in [0.05, 0.1) is 12.8 Å². The summed E-state index contributed by atoms with van der Waals surface area (Å²) in [6.07, 6.45) is 1.75. The number of pyridine rings is 1. The van der Waals surface area contributed by atoms with E-state index < -0.39 is 0 Å². The van der Waals surface area contributed by atoms with Gasteiger partial charge in [0.25, 0.3) is 0 Å². The molecule has 2 N–H and O–H groups in total. The number of methoxy groups -OCH3 is 1. The third-order valence-electron chi connectivity index (χ3n) is 2.41. The van der Waals surface area contributed by atoms with Crippen LogP contribution in [-0.4, -0.2) is 12.1 Å². The summed E-state index contributed by atoms with van der Waals surface area (Å²) < 4.78 is 6.37. The number of nitrogens with zero attached hydrogens (tertiary/aromatic N) is 1. The zero-order valence-corrected chi connectivity index (χ0v) is 12.3. The SMILES string of the molecule is COc1ccc(Br)cc1CSc1ncccc1N. The van der Waals surface area contributed by atoms with E-state index in [4.69, 9.17) is 10.5 Å². The standard InChI is InChI=1S/C13H13BrN2OS/c1-17-12-5-4-10(14)7-9(12)8-18-13-11(15)3-2-6-16-13/h2-7H,8,15H2,1H3. The molecular weight excluding hydrogens is 312 g/mol. The minimum Gasteiger partial charge on any atom is -0.496 e. The van der Waals surface area contributed by atoms with Gasteiger partial charge in [-0.05, 0) is 30.3 Å². The van der Waals surface area contributed by atoms with Gasteiger partial charge in [-0.2, -0.15) is 0 Å². The minimum atomic E-state index is 0.705. The summed E-state index contributed by atoms with van der Waals surface area (Å²) in [5, 5.41) is 0.847. The smallest absolute Gasteiger partial charge is 0.122 e. The maximum Gasteiger partial charge on any atom is 0.122 e. The number of hydrogen-bond acceptors (Lipinski definition) is 4. The van der Waals surface area contributed by atoms with Gasteiger partial charge in [0.1, 0.15) is 10.8 Å². The van der Waals surface area contributed by atoms with Gasteiger partial charge in [0, 0.05) is 22.0 Å². The summed E-state index contributed by atoms with van der Waals surface area (Å²) in [7, 11) is 1.67. The lowest BCUT2D eigenvalue weighted by molar-refractivity contribution is 0.411. The van der Waals surface area contributed by atoms with E-state index in [1.807, 2.05) is 30.3 Å². The number of nitrogen functional groups attached to an aromatic ring is 1. The molecule has 1 aromatic carbocycles. The molecule has 2 aromatic rings. The highest BCUT2D eigenvalue weighted by Gasteiger charge is 2.06. The molecular formula is C13H13BrN2OS. The highest BCUT2D eigenvalue weighted by molar-refractivity contribution is 9.10. The van der Waals surface area contributed by atoms with Crippen LogP contribution in [0, 0.1) is 0 Å². The molecule has 0 spiro atoms. The lowest BCUT2D eigenvalue weighted by Crippen LogP contribution is -1.93. The summed E-state index contributed by atoms with van der Waals surface area (Å²) in [4.78, 5) is 4.26. The summed E-state index contributed by atoms with van der Waals surface area (Å²) in [5.74, 6) is 1.64. The van der Waals surface area contributed by atoms with E-state index in [0.29, 0.717) is 5.69 Å². The van der Waals surface area contributed by atoms with Crippen molar-refractivity contribution in [3.05, 3.63) is 46.6 Å². The number of nitrogens with two attached hydrogens (primary N) is 1. The number of thioether (sulfide) groups is 1. The van der Waals surface area contributed by atoms with Gasteiger partial charge in [-0.3, -0.25) is 0 Å². The third kappa shape index (κ3) is 3.17. The van der Waals surface area contributed by atoms with Crippen molar-refractivity contribution in [1.29, 1.82) is 0 Å². The van der Waals surface area contributed by atoms with Crippen LogP contribution in [0.4, 0.5) is 5.69 Å². The molecule has 2 rings (SSSR count). The lowest BCUT2D eigenvalue weighted by atomic mass is 10.2. The summed E-state index contributed by atoms with van der Waals surface area (Å²) in [5.41, 5.74) is 7.68. The molecule has 0 aliphatic heterocycles. The average molecular weight is 325 g/mol. The zero-order valence-electron chi connectivity index (χ0n) is 9.89. The van der Waals surface area contributed by atoms with Crippen LogP contribution >= 0.6 is 27.7 Å². The molecule has 94 valence electrons. The summed E-state index contributed by atoms with van der Waals surface area (Å²) in [6.45, 7) is 0. The highest BCUT2D eigenvalue weighted by Crippen LogP contribution is 2.31. The Labute approximate surface area is 119 Å². The third-order valence-corrected chi connectivity index (χ3v) is 3.97. The first-order chi connectivity index (χ1) is 8.70. The summed E-state index contributed by atoms with van der Waals surface area (Å²) >= 11 is 5.06. The van der Waals surface area contributed by atoms with Crippen LogP contribution in [0.3, 0.4) is 0 Å². The monoisotopic (exact) mass is 324 g/mol. The highest BCUT2D eigenvalue weighted by atomic mass is 79.9. The van der Waals surface area contributed by atoms with E-state index in [9.17, 15) is 0 Å². The van der Waals surface area contributed by atoms with Crippen molar-refractivity contribution in [2.75, 3.05) is 12.8 Å². The van der Waals surface area contributed by atoms with Gasteiger partial charge < -0.3 is 10.5 Å². The van der Waals surface area contributed by atoms with Crippen molar-refractivity contribution in [2.45, 2.75) is 10.8 Å². The first kappa shape index (κ1) is 13.2. The van der Waals surface area contributed by atoms with Gasteiger partial charge in [0.15, 0.2) is 0 Å². The molecule has 0 aliphatic carbocycles. The van der Waals surface area contributed by atoms with Crippen molar-refractivity contribution in [2.24, 2.45) is 0 Å². The second-order valence-corrected chi connectivity index (χ2v) is 5.52. The van der Waals surface area contributed by atoms with E-state index in [2.05, 4.69) is 20.9 Å². The van der Waals surface area contributed by atoms with Gasteiger partial charge in [0.2, 0.25) is 0 Å². The van der Waals surface area contributed by atoms with Crippen LogP contribution in [0.25, 0.3) is 0 Å². The number of rotatable bonds is 4. The fraction of sp³-hybridized carbons (Fsp3) is 0.154. The second-order valence-electron chi connectivity index (χ2n) is 3.64. The Morgan fingerprint density at radius 1 is 1.39 bits per heavy atom. The summed E-state index contributed by atoms with van der Waals surface area (Å²) in [6, 6.07) is 9.64. The molecule has 0 amide bonds. The number of halogens is 1. The first-order valence-corrected chi connectivity index (χ1v) is 7.14. The van der Waals surface area contributed by atoms with Crippen molar-refractivity contribution in [1.82, 2.24) is 4.98 Å². The minimum absolute atomic E-state index is 0.705. The fourth-order valence-electron chi connectivity index (χ4n) is 1.53. The molecule has 0 radical (unpaired) electrons. The van der Waals surface area contributed by atoms with Gasteiger partial charge in [-0.15, -0.1) is 0 Å². The number of hydrogen-bond donors (Lipinski definition) is 1. The molecule has 0 bridgehead atoms. The van der Waals surface area contributed by atoms with E-state index in [0.717, 1.165) is 26.6 Å². The Balaban J connectivity index is 2.15. The van der Waals surface area contributed by atoms with Crippen molar-refractivity contribution >= 4 is 33.4 Å². The van der Waals surface area contributed by atoms with E-state index in [1.165, 1.54) is 0 Å². The molecule has 0 unspecified atom stereocenters. The quantitative estimate of drug-likeness (QED) is 0.870. The molecule has 5 heteroatoms. The van der Waals surface area contributed by atoms with E-state index >= 15 is 0 Å². The molecule has 0 atom stereocenters.